The largest absolute Gasteiger partial charge is 0.454 e. The van der Waals surface area contributed by atoms with Crippen LogP contribution in [0.5, 0.6) is 0 Å². The number of amides is 3. The van der Waals surface area contributed by atoms with Crippen LogP contribution >= 0.6 is 62.3 Å². The number of unbranched alkanes of at least 4 members (excludes halogenated alkanes) is 1. The zero-order valence-corrected chi connectivity index (χ0v) is 23.8. The first-order valence-corrected chi connectivity index (χ1v) is 13.3. The second-order valence-corrected chi connectivity index (χ2v) is 10.4. The minimum absolute atomic E-state index is 0.117. The van der Waals surface area contributed by atoms with Gasteiger partial charge in [-0.15, -0.1) is 0 Å². The van der Waals surface area contributed by atoms with Gasteiger partial charge >= 0.3 is 5.97 Å². The van der Waals surface area contributed by atoms with E-state index < -0.39 is 36.3 Å². The highest BCUT2D eigenvalue weighted by atomic mass is 79.9. The van der Waals surface area contributed by atoms with Crippen LogP contribution in [0, 0.1) is 0 Å². The van der Waals surface area contributed by atoms with Crippen LogP contribution in [0.15, 0.2) is 22.7 Å². The molecule has 0 fully saturated rings. The molecular weight excluding hydrogens is 618 g/mol. The Morgan fingerprint density at radius 2 is 1.58 bits per heavy atom. The molecule has 2 aromatic rings. The molecule has 0 saturated carbocycles. The molecule has 3 amide bonds. The Labute approximate surface area is 236 Å². The lowest BCUT2D eigenvalue weighted by atomic mass is 10.1. The fraction of sp³-hybridized carbons (Fsp3) is 0.333. The number of hydrogen-bond donors (Lipinski definition) is 1. The Kier molecular flexibility index (Phi) is 9.68. The molecule has 0 bridgehead atoms. The number of carbonyl (C=O) groups excluding carboxylic acids is 4. The maximum atomic E-state index is 13.2. The van der Waals surface area contributed by atoms with Crippen molar-refractivity contribution in [3.05, 3.63) is 59.5 Å². The van der Waals surface area contributed by atoms with Crippen molar-refractivity contribution < 1.29 is 23.9 Å². The van der Waals surface area contributed by atoms with Crippen LogP contribution in [0.3, 0.4) is 0 Å². The second kappa shape index (κ2) is 12.1. The number of rotatable bonds is 9. The number of aryl methyl sites for hydroxylation is 1. The Hall–Kier alpha value is -1.84. The first-order chi connectivity index (χ1) is 17.0. The monoisotopic (exact) mass is 636 g/mol. The molecule has 1 atom stereocenters. The number of anilines is 1. The molecule has 1 N–H and O–H groups in total. The van der Waals surface area contributed by atoms with Gasteiger partial charge in [-0.25, -0.2) is 4.79 Å². The zero-order valence-electron chi connectivity index (χ0n) is 19.2. The van der Waals surface area contributed by atoms with E-state index in [1.807, 2.05) is 19.9 Å². The summed E-state index contributed by atoms with van der Waals surface area (Å²) in [6.07, 6.45) is 1.97. The SMILES string of the molecule is CCCC[C@H](C(=O)OCC(=O)Nc1ccc(Br)cc1CC)N1C(=O)c2c(Cl)c(Cl)c(Cl)c(Cl)c2C1=O. The van der Waals surface area contributed by atoms with E-state index in [4.69, 9.17) is 51.1 Å². The molecule has 192 valence electrons. The lowest BCUT2D eigenvalue weighted by Crippen LogP contribution is -2.46. The molecule has 0 radical (unpaired) electrons. The van der Waals surface area contributed by atoms with Gasteiger partial charge in [-0.3, -0.25) is 19.3 Å². The summed E-state index contributed by atoms with van der Waals surface area (Å²) in [7, 11) is 0. The van der Waals surface area contributed by atoms with Crippen LogP contribution in [0.1, 0.15) is 59.4 Å². The smallest absolute Gasteiger partial charge is 0.329 e. The normalized spacial score (nSPS) is 13.6. The minimum atomic E-state index is -1.30. The summed E-state index contributed by atoms with van der Waals surface area (Å²) < 4.78 is 6.09. The minimum Gasteiger partial charge on any atom is -0.454 e. The Morgan fingerprint density at radius 1 is 1.00 bits per heavy atom. The van der Waals surface area contributed by atoms with E-state index in [9.17, 15) is 19.2 Å². The lowest BCUT2D eigenvalue weighted by molar-refractivity contribution is -0.151. The van der Waals surface area contributed by atoms with Crippen molar-refractivity contribution in [1.82, 2.24) is 4.90 Å². The maximum absolute atomic E-state index is 13.2. The van der Waals surface area contributed by atoms with Crippen molar-refractivity contribution in [2.24, 2.45) is 0 Å². The number of fused-ring (bicyclic) bond motifs is 1. The molecule has 0 saturated heterocycles. The van der Waals surface area contributed by atoms with E-state index in [-0.39, 0.29) is 37.6 Å². The van der Waals surface area contributed by atoms with E-state index in [1.54, 1.807) is 12.1 Å². The van der Waals surface area contributed by atoms with Crippen LogP contribution in [-0.2, 0) is 20.7 Å². The standard InChI is InChI=1S/C24H21BrCl4N2O5/c1-3-5-6-14(24(35)36-10-15(32)30-13-8-7-12(25)9-11(13)4-2)31-22(33)16-17(23(31)34)19(27)21(29)20(28)18(16)26/h7-9,14H,3-6,10H2,1-2H3,(H,30,32)/t14-/m1/s1. The van der Waals surface area contributed by atoms with Gasteiger partial charge in [0.2, 0.25) is 0 Å². The number of hydrogen-bond acceptors (Lipinski definition) is 5. The molecule has 0 aliphatic carbocycles. The number of benzene rings is 2. The molecule has 12 heteroatoms. The van der Waals surface area contributed by atoms with Gasteiger partial charge in [-0.1, -0.05) is 89.0 Å². The van der Waals surface area contributed by atoms with Gasteiger partial charge in [0.1, 0.15) is 6.04 Å². The fourth-order valence-corrected chi connectivity index (χ4v) is 5.22. The molecule has 0 unspecified atom stereocenters. The van der Waals surface area contributed by atoms with E-state index >= 15 is 0 Å². The lowest BCUT2D eigenvalue weighted by Gasteiger charge is -2.24. The number of nitrogens with one attached hydrogen (secondary N) is 1. The molecule has 1 aliphatic heterocycles. The average Bonchev–Trinajstić information content (AvgIpc) is 3.11. The second-order valence-electron chi connectivity index (χ2n) is 7.96. The Bertz CT molecular complexity index is 1210. The van der Waals surface area contributed by atoms with E-state index in [2.05, 4.69) is 21.2 Å². The van der Waals surface area contributed by atoms with Gasteiger partial charge in [0, 0.05) is 10.2 Å². The third kappa shape index (κ3) is 5.68. The van der Waals surface area contributed by atoms with Gasteiger partial charge in [0.25, 0.3) is 17.7 Å². The average molecular weight is 639 g/mol. The molecule has 36 heavy (non-hydrogen) atoms. The number of imide groups is 1. The maximum Gasteiger partial charge on any atom is 0.329 e. The third-order valence-electron chi connectivity index (χ3n) is 5.62. The van der Waals surface area contributed by atoms with Crippen molar-refractivity contribution in [1.29, 1.82) is 0 Å². The summed E-state index contributed by atoms with van der Waals surface area (Å²) in [4.78, 5) is 52.7. The molecule has 0 spiro atoms. The van der Waals surface area contributed by atoms with Crippen molar-refractivity contribution in [2.75, 3.05) is 11.9 Å². The molecule has 3 rings (SSSR count). The molecule has 1 aliphatic rings. The summed E-state index contributed by atoms with van der Waals surface area (Å²) >= 11 is 27.9. The molecule has 1 heterocycles. The summed E-state index contributed by atoms with van der Waals surface area (Å²) in [5.74, 6) is -3.17. The summed E-state index contributed by atoms with van der Waals surface area (Å²) in [5, 5.41) is 1.90. The first kappa shape index (κ1) is 28.7. The number of nitrogens with zero attached hydrogens (tertiary/aromatic N) is 1. The zero-order chi connectivity index (χ0) is 26.7. The van der Waals surface area contributed by atoms with E-state index in [0.717, 1.165) is 14.9 Å². The van der Waals surface area contributed by atoms with Gasteiger partial charge < -0.3 is 10.1 Å². The fourth-order valence-electron chi connectivity index (χ4n) is 3.80. The molecule has 0 aromatic heterocycles. The van der Waals surface area contributed by atoms with Crippen LogP contribution in [0.25, 0.3) is 0 Å². The number of carbonyl (C=O) groups is 4. The summed E-state index contributed by atoms with van der Waals surface area (Å²) in [6, 6.07) is 4.08. The topological polar surface area (TPSA) is 92.8 Å². The highest BCUT2D eigenvalue weighted by Gasteiger charge is 2.47. The van der Waals surface area contributed by atoms with Crippen molar-refractivity contribution >= 4 is 91.7 Å². The van der Waals surface area contributed by atoms with Crippen LogP contribution < -0.4 is 5.32 Å². The predicted octanol–water partition coefficient (Wildman–Crippen LogP) is 6.96. The van der Waals surface area contributed by atoms with E-state index in [1.165, 1.54) is 0 Å². The number of ether oxygens (including phenoxy) is 1. The van der Waals surface area contributed by atoms with Crippen LogP contribution in [0.2, 0.25) is 20.1 Å². The molecule has 7 nitrogen and oxygen atoms in total. The van der Waals surface area contributed by atoms with Crippen molar-refractivity contribution in [3.63, 3.8) is 0 Å². The van der Waals surface area contributed by atoms with Crippen LogP contribution in [0.4, 0.5) is 5.69 Å². The van der Waals surface area contributed by atoms with Crippen molar-refractivity contribution in [3.8, 4) is 0 Å². The molecular formula is C24H21BrCl4N2O5. The van der Waals surface area contributed by atoms with Crippen molar-refractivity contribution in [2.45, 2.75) is 45.6 Å². The predicted molar refractivity (Wildman–Crippen MR) is 143 cm³/mol. The van der Waals surface area contributed by atoms with Gasteiger partial charge in [0.05, 0.1) is 31.2 Å². The van der Waals surface area contributed by atoms with Gasteiger partial charge in [-0.05, 0) is 36.6 Å². The highest BCUT2D eigenvalue weighted by Crippen LogP contribution is 2.45. The van der Waals surface area contributed by atoms with E-state index in [0.29, 0.717) is 24.9 Å². The quantitative estimate of drug-likeness (QED) is 0.139. The summed E-state index contributed by atoms with van der Waals surface area (Å²) in [5.41, 5.74) is 1.02. The first-order valence-electron chi connectivity index (χ1n) is 11.0. The molecule has 2 aromatic carbocycles. The Morgan fingerprint density at radius 3 is 2.11 bits per heavy atom. The highest BCUT2D eigenvalue weighted by molar-refractivity contribution is 9.10. The third-order valence-corrected chi connectivity index (χ3v) is 7.91. The number of esters is 1. The van der Waals surface area contributed by atoms with Crippen LogP contribution in [-0.4, -0.2) is 41.2 Å². The Balaban J connectivity index is 1.80. The summed E-state index contributed by atoms with van der Waals surface area (Å²) in [6.45, 7) is 3.22. The van der Waals surface area contributed by atoms with Gasteiger partial charge in [-0.2, -0.15) is 0 Å². The van der Waals surface area contributed by atoms with Gasteiger partial charge in [0.15, 0.2) is 6.61 Å². The number of halogens is 5.